The van der Waals surface area contributed by atoms with E-state index < -0.39 is 0 Å². The van der Waals surface area contributed by atoms with Gasteiger partial charge >= 0.3 is 0 Å². The van der Waals surface area contributed by atoms with Crippen LogP contribution in [-0.4, -0.2) is 42.3 Å². The average Bonchev–Trinajstić information content (AvgIpc) is 2.68. The molecular formula is C20H19N3O3. The molecule has 0 radical (unpaired) electrons. The zero-order chi connectivity index (χ0) is 17.9. The summed E-state index contributed by atoms with van der Waals surface area (Å²) in [7, 11) is 0. The Kier molecular flexibility index (Phi) is 4.41. The van der Waals surface area contributed by atoms with Crippen molar-refractivity contribution in [2.45, 2.75) is 0 Å². The number of morpholine rings is 1. The number of phenols is 1. The van der Waals surface area contributed by atoms with E-state index in [1.54, 1.807) is 18.3 Å². The molecule has 132 valence electrons. The van der Waals surface area contributed by atoms with Crippen LogP contribution in [0, 0.1) is 0 Å². The minimum absolute atomic E-state index is 0.0425. The highest BCUT2D eigenvalue weighted by Crippen LogP contribution is 2.26. The van der Waals surface area contributed by atoms with Crippen LogP contribution in [0.4, 0.5) is 11.5 Å². The average molecular weight is 349 g/mol. The highest BCUT2D eigenvalue weighted by atomic mass is 16.5. The number of anilines is 2. The van der Waals surface area contributed by atoms with Crippen LogP contribution in [0.2, 0.25) is 0 Å². The van der Waals surface area contributed by atoms with Crippen molar-refractivity contribution in [2.75, 3.05) is 36.5 Å². The van der Waals surface area contributed by atoms with Gasteiger partial charge in [-0.25, -0.2) is 4.98 Å². The number of pyridine rings is 1. The summed E-state index contributed by atoms with van der Waals surface area (Å²) in [5.74, 6) is 0.452. The summed E-state index contributed by atoms with van der Waals surface area (Å²) >= 11 is 0. The van der Waals surface area contributed by atoms with Crippen LogP contribution in [0.1, 0.15) is 10.4 Å². The maximum atomic E-state index is 12.5. The number of amides is 1. The lowest BCUT2D eigenvalue weighted by Gasteiger charge is -2.27. The van der Waals surface area contributed by atoms with E-state index in [0.717, 1.165) is 29.7 Å². The Morgan fingerprint density at radius 2 is 1.81 bits per heavy atom. The molecule has 2 N–H and O–H groups in total. The van der Waals surface area contributed by atoms with Gasteiger partial charge in [-0.3, -0.25) is 4.79 Å². The SMILES string of the molecule is O=C(Nc1ccc(N2CCOCC2)nc1)c1cc2ccccc2cc1O. The second-order valence-corrected chi connectivity index (χ2v) is 6.18. The normalized spacial score (nSPS) is 14.4. The largest absolute Gasteiger partial charge is 0.507 e. The topological polar surface area (TPSA) is 74.7 Å². The molecule has 0 atom stereocenters. The molecule has 1 amide bonds. The van der Waals surface area contributed by atoms with Crippen molar-refractivity contribution in [3.05, 3.63) is 60.3 Å². The molecule has 6 heteroatoms. The van der Waals surface area contributed by atoms with E-state index in [4.69, 9.17) is 4.74 Å². The van der Waals surface area contributed by atoms with E-state index in [9.17, 15) is 9.90 Å². The van der Waals surface area contributed by atoms with Gasteiger partial charge in [0, 0.05) is 13.1 Å². The van der Waals surface area contributed by atoms with Crippen molar-refractivity contribution in [2.24, 2.45) is 0 Å². The minimum atomic E-state index is -0.367. The Morgan fingerprint density at radius 1 is 1.08 bits per heavy atom. The number of ether oxygens (including phenoxy) is 1. The Bertz CT molecular complexity index is 935. The Labute approximate surface area is 151 Å². The Balaban J connectivity index is 1.51. The number of benzene rings is 2. The summed E-state index contributed by atoms with van der Waals surface area (Å²) in [4.78, 5) is 19.1. The number of nitrogens with one attached hydrogen (secondary N) is 1. The van der Waals surface area contributed by atoms with Gasteiger partial charge in [0.2, 0.25) is 0 Å². The quantitative estimate of drug-likeness (QED) is 0.760. The van der Waals surface area contributed by atoms with Gasteiger partial charge < -0.3 is 20.1 Å². The standard InChI is InChI=1S/C20H19N3O3/c24-18-12-15-4-2-1-3-14(15)11-17(18)20(25)22-16-5-6-19(21-13-16)23-7-9-26-10-8-23/h1-6,11-13,24H,7-10H2,(H,22,25). The summed E-state index contributed by atoms with van der Waals surface area (Å²) in [5.41, 5.74) is 0.820. The van der Waals surface area contributed by atoms with Crippen molar-refractivity contribution >= 4 is 28.2 Å². The van der Waals surface area contributed by atoms with E-state index in [-0.39, 0.29) is 17.2 Å². The maximum Gasteiger partial charge on any atom is 0.259 e. The number of aromatic hydroxyl groups is 1. The molecule has 4 rings (SSSR count). The first kappa shape index (κ1) is 16.4. The van der Waals surface area contributed by atoms with Crippen molar-refractivity contribution in [3.8, 4) is 5.75 Å². The molecule has 0 aliphatic carbocycles. The van der Waals surface area contributed by atoms with Crippen molar-refractivity contribution in [1.29, 1.82) is 0 Å². The fourth-order valence-electron chi connectivity index (χ4n) is 3.05. The smallest absolute Gasteiger partial charge is 0.259 e. The first-order valence-corrected chi connectivity index (χ1v) is 8.52. The number of carbonyl (C=O) groups excluding carboxylic acids is 1. The van der Waals surface area contributed by atoms with E-state index in [2.05, 4.69) is 15.2 Å². The number of phenolic OH excluding ortho intramolecular Hbond substituents is 1. The van der Waals surface area contributed by atoms with E-state index in [1.807, 2.05) is 36.4 Å². The fourth-order valence-corrected chi connectivity index (χ4v) is 3.05. The van der Waals surface area contributed by atoms with Gasteiger partial charge in [-0.1, -0.05) is 24.3 Å². The van der Waals surface area contributed by atoms with Gasteiger partial charge in [0.1, 0.15) is 11.6 Å². The van der Waals surface area contributed by atoms with Crippen molar-refractivity contribution < 1.29 is 14.6 Å². The summed E-state index contributed by atoms with van der Waals surface area (Å²) in [6.07, 6.45) is 1.63. The molecule has 1 aromatic heterocycles. The summed E-state index contributed by atoms with van der Waals surface area (Å²) in [6, 6.07) is 14.6. The molecule has 3 aromatic rings. The van der Waals surface area contributed by atoms with Gasteiger partial charge in [-0.05, 0) is 35.0 Å². The molecule has 6 nitrogen and oxygen atoms in total. The highest BCUT2D eigenvalue weighted by molar-refractivity contribution is 6.08. The number of hydrogen-bond donors (Lipinski definition) is 2. The second-order valence-electron chi connectivity index (χ2n) is 6.18. The maximum absolute atomic E-state index is 12.5. The van der Waals surface area contributed by atoms with Crippen LogP contribution in [0.3, 0.4) is 0 Å². The third kappa shape index (κ3) is 3.32. The summed E-state index contributed by atoms with van der Waals surface area (Å²) in [5, 5.41) is 14.8. The van der Waals surface area contributed by atoms with E-state index in [1.165, 1.54) is 0 Å². The van der Waals surface area contributed by atoms with Crippen molar-refractivity contribution in [1.82, 2.24) is 4.98 Å². The van der Waals surface area contributed by atoms with Crippen LogP contribution in [0.5, 0.6) is 5.75 Å². The Morgan fingerprint density at radius 3 is 2.50 bits per heavy atom. The molecule has 0 unspecified atom stereocenters. The van der Waals surface area contributed by atoms with E-state index in [0.29, 0.717) is 18.9 Å². The lowest BCUT2D eigenvalue weighted by Crippen LogP contribution is -2.36. The third-order valence-corrected chi connectivity index (χ3v) is 4.45. The number of aromatic nitrogens is 1. The number of carbonyl (C=O) groups is 1. The number of hydrogen-bond acceptors (Lipinski definition) is 5. The summed E-state index contributed by atoms with van der Waals surface area (Å²) in [6.45, 7) is 3.01. The molecule has 2 heterocycles. The number of fused-ring (bicyclic) bond motifs is 1. The first-order valence-electron chi connectivity index (χ1n) is 8.52. The molecular weight excluding hydrogens is 330 g/mol. The summed E-state index contributed by atoms with van der Waals surface area (Å²) < 4.78 is 5.34. The van der Waals surface area contributed by atoms with Gasteiger partial charge in [-0.2, -0.15) is 0 Å². The second kappa shape index (κ2) is 7.01. The molecule has 1 saturated heterocycles. The lowest BCUT2D eigenvalue weighted by atomic mass is 10.1. The number of nitrogens with zero attached hydrogens (tertiary/aromatic N) is 2. The van der Waals surface area contributed by atoms with Gasteiger partial charge in [-0.15, -0.1) is 0 Å². The van der Waals surface area contributed by atoms with Crippen LogP contribution < -0.4 is 10.2 Å². The van der Waals surface area contributed by atoms with Gasteiger partial charge in [0.05, 0.1) is 30.7 Å². The zero-order valence-electron chi connectivity index (χ0n) is 14.2. The molecule has 2 aromatic carbocycles. The van der Waals surface area contributed by atoms with Gasteiger partial charge in [0.25, 0.3) is 5.91 Å². The fraction of sp³-hybridized carbons (Fsp3) is 0.200. The van der Waals surface area contributed by atoms with Crippen LogP contribution in [0.15, 0.2) is 54.7 Å². The monoisotopic (exact) mass is 349 g/mol. The molecule has 1 aliphatic rings. The molecule has 0 bridgehead atoms. The highest BCUT2D eigenvalue weighted by Gasteiger charge is 2.15. The number of rotatable bonds is 3. The molecule has 26 heavy (non-hydrogen) atoms. The Hall–Kier alpha value is -3.12. The molecule has 1 fully saturated rings. The predicted octanol–water partition coefficient (Wildman–Crippen LogP) is 3.03. The lowest BCUT2D eigenvalue weighted by molar-refractivity contribution is 0.102. The van der Waals surface area contributed by atoms with Crippen molar-refractivity contribution in [3.63, 3.8) is 0 Å². The van der Waals surface area contributed by atoms with Gasteiger partial charge in [0.15, 0.2) is 0 Å². The molecule has 1 aliphatic heterocycles. The predicted molar refractivity (Wildman–Crippen MR) is 101 cm³/mol. The zero-order valence-corrected chi connectivity index (χ0v) is 14.2. The molecule has 0 spiro atoms. The first-order chi connectivity index (χ1) is 12.7. The van der Waals surface area contributed by atoms with Crippen LogP contribution >= 0.6 is 0 Å². The van der Waals surface area contributed by atoms with Crippen LogP contribution in [0.25, 0.3) is 10.8 Å². The molecule has 0 saturated carbocycles. The van der Waals surface area contributed by atoms with E-state index >= 15 is 0 Å². The van der Waals surface area contributed by atoms with Crippen LogP contribution in [-0.2, 0) is 4.74 Å². The third-order valence-electron chi connectivity index (χ3n) is 4.45. The minimum Gasteiger partial charge on any atom is -0.507 e.